The van der Waals surface area contributed by atoms with Crippen molar-refractivity contribution in [3.63, 3.8) is 0 Å². The fraction of sp³-hybridized carbons (Fsp3) is 0.962. The van der Waals surface area contributed by atoms with E-state index in [1.807, 2.05) is 26.0 Å². The molecule has 0 bridgehead atoms. The molecule has 4 saturated heterocycles. The van der Waals surface area contributed by atoms with E-state index in [4.69, 9.17) is 42.6 Å². The number of fused-ring (bicyclic) bond motifs is 5. The fourth-order valence-corrected chi connectivity index (χ4v) is 15.6. The molecule has 74 heavy (non-hydrogen) atoms. The van der Waals surface area contributed by atoms with E-state index in [2.05, 4.69) is 34.6 Å². The Morgan fingerprint density at radius 2 is 1.22 bits per heavy atom. The topological polar surface area (TPSA) is 326 Å². The molecule has 0 aromatic rings. The maximum Gasteiger partial charge on any atom is 0.187 e. The lowest BCUT2D eigenvalue weighted by Gasteiger charge is -2.70. The Kier molecular flexibility index (Phi) is 17.6. The summed E-state index contributed by atoms with van der Waals surface area (Å²) in [6.45, 7) is 15.5. The van der Waals surface area contributed by atoms with Crippen LogP contribution in [0.1, 0.15) is 113 Å². The van der Waals surface area contributed by atoms with Gasteiger partial charge in [0.25, 0.3) is 0 Å². The SMILES string of the molecule is COC(C)(C)C=CCC(O)(COC1OCC(O)C(O)C1O)C1CCC2(C)C1CCC1C3(C)CCC(OC4OC(CO)C(O)C(OC5OCC(O)C(O)C5O)C4OC4OC(C)C(O)C(O)C4O)C(C)(C)C3CCC12C. The lowest BCUT2D eigenvalue weighted by molar-refractivity contribution is -0.395. The summed E-state index contributed by atoms with van der Waals surface area (Å²) < 4.78 is 54.7. The van der Waals surface area contributed by atoms with Crippen LogP contribution in [0, 0.1) is 45.3 Å². The second-order valence-corrected chi connectivity index (χ2v) is 25.2. The number of aliphatic hydroxyl groups excluding tert-OH is 11. The third-order valence-corrected chi connectivity index (χ3v) is 20.4. The summed E-state index contributed by atoms with van der Waals surface area (Å²) in [7, 11) is 1.63. The molecule has 0 aromatic carbocycles. The van der Waals surface area contributed by atoms with Crippen molar-refractivity contribution in [2.24, 2.45) is 45.3 Å². The molecular weight excluding hydrogens is 973 g/mol. The first-order valence-electron chi connectivity index (χ1n) is 27.1. The predicted octanol–water partition coefficient (Wildman–Crippen LogP) is -0.270. The van der Waals surface area contributed by atoms with Crippen LogP contribution in [-0.4, -0.2) is 223 Å². The minimum absolute atomic E-state index is 0.122. The summed E-state index contributed by atoms with van der Waals surface area (Å²) in [5, 5.41) is 131. The smallest absolute Gasteiger partial charge is 0.187 e. The van der Waals surface area contributed by atoms with Gasteiger partial charge in [0.1, 0.15) is 79.4 Å². The Balaban J connectivity index is 1.04. The van der Waals surface area contributed by atoms with Crippen LogP contribution in [0.15, 0.2) is 12.2 Å². The van der Waals surface area contributed by atoms with Crippen LogP contribution in [0.4, 0.5) is 0 Å². The summed E-state index contributed by atoms with van der Waals surface area (Å²) in [6.07, 6.45) is -16.7. The third-order valence-electron chi connectivity index (χ3n) is 20.4. The van der Waals surface area contributed by atoms with Gasteiger partial charge in [0.2, 0.25) is 0 Å². The normalized spacial score (nSPS) is 51.7. The van der Waals surface area contributed by atoms with E-state index in [0.717, 1.165) is 44.9 Å². The van der Waals surface area contributed by atoms with Gasteiger partial charge in [0, 0.05) is 7.11 Å². The van der Waals surface area contributed by atoms with E-state index in [9.17, 15) is 61.3 Å². The van der Waals surface area contributed by atoms with Gasteiger partial charge < -0.3 is 104 Å². The average Bonchev–Trinajstić information content (AvgIpc) is 3.72. The molecule has 8 aliphatic rings. The highest BCUT2D eigenvalue weighted by atomic mass is 16.8. The van der Waals surface area contributed by atoms with Crippen LogP contribution < -0.4 is 0 Å². The highest BCUT2D eigenvalue weighted by Gasteiger charge is 2.70. The zero-order valence-corrected chi connectivity index (χ0v) is 44.7. The maximum atomic E-state index is 12.9. The lowest BCUT2D eigenvalue weighted by Crippen LogP contribution is -2.67. The molecule has 428 valence electrons. The Morgan fingerprint density at radius 1 is 0.608 bits per heavy atom. The lowest BCUT2D eigenvalue weighted by atomic mass is 9.35. The highest BCUT2D eigenvalue weighted by Crippen LogP contribution is 2.76. The number of ether oxygens (including phenoxy) is 9. The molecule has 8 rings (SSSR count). The van der Waals surface area contributed by atoms with E-state index in [1.165, 1.54) is 6.92 Å². The van der Waals surface area contributed by atoms with E-state index in [-0.39, 0.29) is 59.6 Å². The third kappa shape index (κ3) is 10.5. The number of hydrogen-bond donors (Lipinski definition) is 12. The van der Waals surface area contributed by atoms with Crippen LogP contribution in [0.2, 0.25) is 0 Å². The molecule has 0 spiro atoms. The van der Waals surface area contributed by atoms with Crippen molar-refractivity contribution in [2.45, 2.75) is 241 Å². The van der Waals surface area contributed by atoms with Gasteiger partial charge in [-0.25, -0.2) is 0 Å². The summed E-state index contributed by atoms with van der Waals surface area (Å²) >= 11 is 0. The number of hydrogen-bond acceptors (Lipinski definition) is 21. The van der Waals surface area contributed by atoms with Gasteiger partial charge in [-0.1, -0.05) is 46.8 Å². The zero-order chi connectivity index (χ0) is 54.2. The van der Waals surface area contributed by atoms with Crippen LogP contribution in [-0.2, 0) is 42.6 Å². The number of rotatable bonds is 15. The van der Waals surface area contributed by atoms with Crippen molar-refractivity contribution in [2.75, 3.05) is 33.5 Å². The van der Waals surface area contributed by atoms with Crippen LogP contribution in [0.25, 0.3) is 0 Å². The Hall–Kier alpha value is -1.10. The number of aliphatic hydroxyl groups is 12. The molecule has 12 N–H and O–H groups in total. The van der Waals surface area contributed by atoms with Gasteiger partial charge in [0.15, 0.2) is 25.2 Å². The van der Waals surface area contributed by atoms with E-state index in [1.54, 1.807) is 7.11 Å². The van der Waals surface area contributed by atoms with Gasteiger partial charge >= 0.3 is 0 Å². The van der Waals surface area contributed by atoms with Crippen molar-refractivity contribution in [1.82, 2.24) is 0 Å². The van der Waals surface area contributed by atoms with Crippen molar-refractivity contribution in [3.05, 3.63) is 12.2 Å². The van der Waals surface area contributed by atoms with Crippen molar-refractivity contribution in [1.29, 1.82) is 0 Å². The molecule has 4 saturated carbocycles. The van der Waals surface area contributed by atoms with E-state index in [0.29, 0.717) is 6.42 Å². The van der Waals surface area contributed by atoms with E-state index >= 15 is 0 Å². The summed E-state index contributed by atoms with van der Waals surface area (Å²) in [4.78, 5) is 0. The molecular formula is C53H90O21. The second-order valence-electron chi connectivity index (χ2n) is 25.2. The molecule has 21 heteroatoms. The largest absolute Gasteiger partial charge is 0.394 e. The van der Waals surface area contributed by atoms with E-state index < -0.39 is 147 Å². The molecule has 21 nitrogen and oxygen atoms in total. The number of methoxy groups -OCH3 is 1. The molecule has 4 aliphatic heterocycles. The molecule has 0 amide bonds. The Bertz CT molecular complexity index is 1910. The van der Waals surface area contributed by atoms with Crippen molar-refractivity contribution in [3.8, 4) is 0 Å². The highest BCUT2D eigenvalue weighted by molar-refractivity contribution is 5.19. The van der Waals surface area contributed by atoms with Gasteiger partial charge in [0.05, 0.1) is 49.8 Å². The fourth-order valence-electron chi connectivity index (χ4n) is 15.6. The zero-order valence-electron chi connectivity index (χ0n) is 44.7. The summed E-state index contributed by atoms with van der Waals surface area (Å²) in [5.41, 5.74) is -2.96. The van der Waals surface area contributed by atoms with Crippen molar-refractivity contribution >= 4 is 0 Å². The monoisotopic (exact) mass is 1060 g/mol. The maximum absolute atomic E-state index is 12.9. The van der Waals surface area contributed by atoms with Gasteiger partial charge in [-0.05, 0) is 124 Å². The van der Waals surface area contributed by atoms with Gasteiger partial charge in [-0.3, -0.25) is 0 Å². The molecule has 8 fully saturated rings. The summed E-state index contributed by atoms with van der Waals surface area (Å²) in [5.74, 6) is 0.367. The minimum Gasteiger partial charge on any atom is -0.394 e. The Morgan fingerprint density at radius 3 is 1.86 bits per heavy atom. The second kappa shape index (κ2) is 22.1. The average molecular weight is 1060 g/mol. The quantitative estimate of drug-likeness (QED) is 0.0742. The molecule has 0 aromatic heterocycles. The van der Waals surface area contributed by atoms with Gasteiger partial charge in [-0.2, -0.15) is 0 Å². The van der Waals surface area contributed by atoms with Crippen LogP contribution in [0.3, 0.4) is 0 Å². The standard InChI is InChI=1S/C53H90O21/c1-25-34(57)38(61)41(64)46(70-25)74-43-42(73-45-40(63)36(59)29(56)23-68-45)37(60)30(21-54)71-47(43)72-33-15-18-50(6)31(49(33,4)5)14-20-52(8)32(50)12-11-26-27(13-19-51(26,52)7)53(65,17-10-16-48(2,3)66-9)24-69-44-39(62)35(58)28(55)22-67-44/h10,16,25-47,54-65H,11-15,17-24H2,1-9H3. The molecule has 27 atom stereocenters. The molecule has 4 aliphatic carbocycles. The summed E-state index contributed by atoms with van der Waals surface area (Å²) in [6, 6.07) is 0. The molecule has 27 unspecified atom stereocenters. The minimum atomic E-state index is -1.78. The van der Waals surface area contributed by atoms with Crippen molar-refractivity contribution < 1.29 is 104 Å². The van der Waals surface area contributed by atoms with Crippen LogP contribution >= 0.6 is 0 Å². The van der Waals surface area contributed by atoms with Gasteiger partial charge in [-0.15, -0.1) is 0 Å². The first kappa shape index (κ1) is 59.0. The molecule has 0 radical (unpaired) electrons. The first-order valence-corrected chi connectivity index (χ1v) is 27.1. The molecule has 4 heterocycles. The first-order chi connectivity index (χ1) is 34.6. The van der Waals surface area contributed by atoms with Crippen LogP contribution in [0.5, 0.6) is 0 Å². The Labute approximate surface area is 435 Å². The predicted molar refractivity (Wildman–Crippen MR) is 259 cm³/mol.